The van der Waals surface area contributed by atoms with Crippen LogP contribution >= 0.6 is 11.3 Å². The van der Waals surface area contributed by atoms with E-state index in [2.05, 4.69) is 38.6 Å². The van der Waals surface area contributed by atoms with Crippen molar-refractivity contribution in [2.75, 3.05) is 27.2 Å². The Balaban J connectivity index is 2.34. The molecule has 0 radical (unpaired) electrons. The van der Waals surface area contributed by atoms with Gasteiger partial charge in [0.2, 0.25) is 0 Å². The van der Waals surface area contributed by atoms with E-state index in [-0.39, 0.29) is 0 Å². The van der Waals surface area contributed by atoms with E-state index in [1.807, 2.05) is 7.05 Å². The molecule has 0 fully saturated rings. The smallest absolute Gasteiger partial charge is 0.193 e. The zero-order valence-corrected chi connectivity index (χ0v) is 11.3. The van der Waals surface area contributed by atoms with E-state index in [1.165, 1.54) is 4.88 Å². The van der Waals surface area contributed by atoms with Crippen molar-refractivity contribution < 1.29 is 0 Å². The molecule has 1 aromatic heterocycles. The lowest BCUT2D eigenvalue weighted by atomic mass is 10.3. The Labute approximate surface area is 108 Å². The standard InChI is InChI=1S/C13H19N3S/c1-4-5-9-15-13(14-2)16(3)10-8-12-7-6-11-17-12/h1,6-7,11H,5,8-10H2,2-3H3,(H,14,15). The van der Waals surface area contributed by atoms with Crippen LogP contribution in [0.1, 0.15) is 11.3 Å². The van der Waals surface area contributed by atoms with Gasteiger partial charge in [0, 0.05) is 38.5 Å². The normalized spacial score (nSPS) is 11.0. The average Bonchev–Trinajstić information content (AvgIpc) is 2.85. The summed E-state index contributed by atoms with van der Waals surface area (Å²) in [6, 6.07) is 4.24. The summed E-state index contributed by atoms with van der Waals surface area (Å²) in [5.41, 5.74) is 0. The summed E-state index contributed by atoms with van der Waals surface area (Å²) in [6.45, 7) is 1.72. The zero-order chi connectivity index (χ0) is 12.5. The maximum atomic E-state index is 5.21. The molecule has 4 heteroatoms. The van der Waals surface area contributed by atoms with Crippen molar-refractivity contribution in [1.29, 1.82) is 0 Å². The maximum absolute atomic E-state index is 5.21. The van der Waals surface area contributed by atoms with Crippen LogP contribution in [0.2, 0.25) is 0 Å². The SMILES string of the molecule is C#CCCNC(=NC)N(C)CCc1cccs1. The van der Waals surface area contributed by atoms with Crippen LogP contribution in [0, 0.1) is 12.3 Å². The first-order chi connectivity index (χ1) is 8.27. The zero-order valence-electron chi connectivity index (χ0n) is 10.4. The molecule has 1 heterocycles. The van der Waals surface area contributed by atoms with Crippen molar-refractivity contribution in [3.05, 3.63) is 22.4 Å². The van der Waals surface area contributed by atoms with E-state index < -0.39 is 0 Å². The van der Waals surface area contributed by atoms with Gasteiger partial charge in [-0.1, -0.05) is 6.07 Å². The maximum Gasteiger partial charge on any atom is 0.193 e. The molecule has 0 aliphatic heterocycles. The largest absolute Gasteiger partial charge is 0.355 e. The Morgan fingerprint density at radius 1 is 1.65 bits per heavy atom. The first-order valence-electron chi connectivity index (χ1n) is 5.65. The predicted octanol–water partition coefficient (Wildman–Crippen LogP) is 1.82. The Kier molecular flexibility index (Phi) is 6.19. The highest BCUT2D eigenvalue weighted by Crippen LogP contribution is 2.09. The fraction of sp³-hybridized carbons (Fsp3) is 0.462. The number of thiophene rings is 1. The second-order valence-corrected chi connectivity index (χ2v) is 4.71. The van der Waals surface area contributed by atoms with Gasteiger partial charge in [0.15, 0.2) is 5.96 Å². The van der Waals surface area contributed by atoms with Crippen LogP contribution in [0.15, 0.2) is 22.5 Å². The van der Waals surface area contributed by atoms with Crippen LogP contribution in [-0.2, 0) is 6.42 Å². The second kappa shape index (κ2) is 7.75. The molecule has 0 aliphatic rings. The minimum Gasteiger partial charge on any atom is -0.355 e. The molecule has 0 spiro atoms. The highest BCUT2D eigenvalue weighted by atomic mass is 32.1. The van der Waals surface area contributed by atoms with Gasteiger partial charge in [-0.2, -0.15) is 0 Å². The van der Waals surface area contributed by atoms with Gasteiger partial charge in [-0.05, 0) is 17.9 Å². The molecule has 0 amide bonds. The van der Waals surface area contributed by atoms with Crippen molar-refractivity contribution in [2.24, 2.45) is 4.99 Å². The third-order valence-electron chi connectivity index (χ3n) is 2.40. The van der Waals surface area contributed by atoms with Crippen molar-refractivity contribution in [2.45, 2.75) is 12.8 Å². The number of hydrogen-bond acceptors (Lipinski definition) is 2. The van der Waals surface area contributed by atoms with Crippen LogP contribution in [0.3, 0.4) is 0 Å². The summed E-state index contributed by atoms with van der Waals surface area (Å²) >= 11 is 1.79. The summed E-state index contributed by atoms with van der Waals surface area (Å²) in [5, 5.41) is 5.34. The van der Waals surface area contributed by atoms with Crippen LogP contribution in [-0.4, -0.2) is 38.0 Å². The highest BCUT2D eigenvalue weighted by molar-refractivity contribution is 7.09. The van der Waals surface area contributed by atoms with Crippen LogP contribution < -0.4 is 5.32 Å². The predicted molar refractivity (Wildman–Crippen MR) is 75.5 cm³/mol. The second-order valence-electron chi connectivity index (χ2n) is 3.68. The molecule has 0 saturated heterocycles. The molecule has 0 aliphatic carbocycles. The Hall–Kier alpha value is -1.47. The summed E-state index contributed by atoms with van der Waals surface area (Å²) in [5.74, 6) is 3.51. The van der Waals surface area contributed by atoms with Crippen molar-refractivity contribution in [1.82, 2.24) is 10.2 Å². The van der Waals surface area contributed by atoms with Gasteiger partial charge in [0.25, 0.3) is 0 Å². The van der Waals surface area contributed by atoms with Gasteiger partial charge in [0.1, 0.15) is 0 Å². The first kappa shape index (κ1) is 13.6. The molecule has 1 rings (SSSR count). The average molecular weight is 249 g/mol. The molecule has 0 atom stereocenters. The Morgan fingerprint density at radius 2 is 2.47 bits per heavy atom. The van der Waals surface area contributed by atoms with Crippen molar-refractivity contribution >= 4 is 17.3 Å². The molecule has 3 nitrogen and oxygen atoms in total. The number of nitrogens with one attached hydrogen (secondary N) is 1. The fourth-order valence-corrected chi connectivity index (χ4v) is 2.17. The molecule has 0 bridgehead atoms. The van der Waals surface area contributed by atoms with E-state index in [0.29, 0.717) is 0 Å². The third-order valence-corrected chi connectivity index (χ3v) is 3.34. The van der Waals surface area contributed by atoms with E-state index in [0.717, 1.165) is 31.9 Å². The molecule has 0 unspecified atom stereocenters. The van der Waals surface area contributed by atoms with Crippen molar-refractivity contribution in [3.63, 3.8) is 0 Å². The quantitative estimate of drug-likeness (QED) is 0.373. The van der Waals surface area contributed by atoms with Gasteiger partial charge in [0.05, 0.1) is 0 Å². The van der Waals surface area contributed by atoms with Gasteiger partial charge >= 0.3 is 0 Å². The Morgan fingerprint density at radius 3 is 3.06 bits per heavy atom. The number of terminal acetylenes is 1. The monoisotopic (exact) mass is 249 g/mol. The fourth-order valence-electron chi connectivity index (χ4n) is 1.47. The summed E-state index contributed by atoms with van der Waals surface area (Å²) in [4.78, 5) is 7.75. The minimum absolute atomic E-state index is 0.720. The number of hydrogen-bond donors (Lipinski definition) is 1. The molecule has 1 aromatic rings. The lowest BCUT2D eigenvalue weighted by Gasteiger charge is -2.21. The van der Waals surface area contributed by atoms with Crippen molar-refractivity contribution in [3.8, 4) is 12.3 Å². The van der Waals surface area contributed by atoms with Crippen LogP contribution in [0.25, 0.3) is 0 Å². The number of rotatable bonds is 5. The van der Waals surface area contributed by atoms with E-state index in [4.69, 9.17) is 6.42 Å². The molecular weight excluding hydrogens is 230 g/mol. The van der Waals surface area contributed by atoms with Gasteiger partial charge < -0.3 is 10.2 Å². The number of guanidine groups is 1. The topological polar surface area (TPSA) is 27.6 Å². The van der Waals surface area contributed by atoms with Crippen LogP contribution in [0.4, 0.5) is 0 Å². The van der Waals surface area contributed by atoms with Crippen LogP contribution in [0.5, 0.6) is 0 Å². The van der Waals surface area contributed by atoms with Gasteiger partial charge in [-0.25, -0.2) is 0 Å². The van der Waals surface area contributed by atoms with E-state index in [9.17, 15) is 0 Å². The molecule has 0 aromatic carbocycles. The number of nitrogens with zero attached hydrogens (tertiary/aromatic N) is 2. The van der Waals surface area contributed by atoms with Gasteiger partial charge in [-0.15, -0.1) is 23.7 Å². The van der Waals surface area contributed by atoms with Gasteiger partial charge in [-0.3, -0.25) is 4.99 Å². The molecule has 17 heavy (non-hydrogen) atoms. The Bertz CT molecular complexity index is 376. The first-order valence-corrected chi connectivity index (χ1v) is 6.53. The minimum atomic E-state index is 0.720. The third kappa shape index (κ3) is 4.92. The highest BCUT2D eigenvalue weighted by Gasteiger charge is 2.05. The van der Waals surface area contributed by atoms with E-state index in [1.54, 1.807) is 18.4 Å². The lowest BCUT2D eigenvalue weighted by molar-refractivity contribution is 0.487. The number of aliphatic imine (C=N–C) groups is 1. The molecular formula is C13H19N3S. The van der Waals surface area contributed by atoms with E-state index >= 15 is 0 Å². The summed E-state index contributed by atoms with van der Waals surface area (Å²) in [6.07, 6.45) is 6.98. The summed E-state index contributed by atoms with van der Waals surface area (Å²) in [7, 11) is 3.83. The lowest BCUT2D eigenvalue weighted by Crippen LogP contribution is -2.40. The summed E-state index contributed by atoms with van der Waals surface area (Å²) < 4.78 is 0. The molecule has 1 N–H and O–H groups in total. The number of likely N-dealkylation sites (N-methyl/N-ethyl adjacent to an activating group) is 1. The molecule has 92 valence electrons. The molecule has 0 saturated carbocycles.